The van der Waals surface area contributed by atoms with Crippen molar-refractivity contribution in [1.29, 1.82) is 0 Å². The van der Waals surface area contributed by atoms with Crippen LogP contribution in [0.4, 0.5) is 11.5 Å². The Morgan fingerprint density at radius 3 is 2.68 bits per heavy atom. The normalized spacial score (nSPS) is 10.2. The number of methoxy groups -OCH3 is 2. The SMILES string of the molecule is COc1cccc(CCNC(=O)c2ccnc(Nc3ccccc3OC)c2)c1. The highest BCUT2D eigenvalue weighted by molar-refractivity contribution is 5.95. The van der Waals surface area contributed by atoms with Crippen molar-refractivity contribution in [3.63, 3.8) is 0 Å². The molecule has 0 spiro atoms. The number of nitrogens with one attached hydrogen (secondary N) is 2. The van der Waals surface area contributed by atoms with E-state index in [2.05, 4.69) is 15.6 Å². The number of benzene rings is 2. The molecular weight excluding hydrogens is 354 g/mol. The standard InChI is InChI=1S/C22H23N3O3/c1-27-18-7-5-6-16(14-18)10-12-24-22(26)17-11-13-23-21(15-17)25-19-8-3-4-9-20(19)28-2/h3-9,11,13-15H,10,12H2,1-2H3,(H,23,25)(H,24,26). The van der Waals surface area contributed by atoms with Crippen molar-refractivity contribution >= 4 is 17.4 Å². The number of pyridine rings is 1. The Balaban J connectivity index is 1.60. The maximum atomic E-state index is 12.5. The van der Waals surface area contributed by atoms with E-state index >= 15 is 0 Å². The second-order valence-electron chi connectivity index (χ2n) is 6.11. The summed E-state index contributed by atoms with van der Waals surface area (Å²) < 4.78 is 10.5. The van der Waals surface area contributed by atoms with Crippen molar-refractivity contribution in [3.8, 4) is 11.5 Å². The lowest BCUT2D eigenvalue weighted by Crippen LogP contribution is -2.25. The lowest BCUT2D eigenvalue weighted by Gasteiger charge is -2.11. The van der Waals surface area contributed by atoms with Gasteiger partial charge in [-0.1, -0.05) is 24.3 Å². The Hall–Kier alpha value is -3.54. The summed E-state index contributed by atoms with van der Waals surface area (Å²) in [6, 6.07) is 18.8. The van der Waals surface area contributed by atoms with E-state index in [1.54, 1.807) is 32.5 Å². The predicted molar refractivity (Wildman–Crippen MR) is 110 cm³/mol. The van der Waals surface area contributed by atoms with Gasteiger partial charge in [0.1, 0.15) is 17.3 Å². The fourth-order valence-electron chi connectivity index (χ4n) is 2.78. The number of hydrogen-bond acceptors (Lipinski definition) is 5. The molecule has 0 bridgehead atoms. The predicted octanol–water partition coefficient (Wildman–Crippen LogP) is 3.81. The molecule has 6 heteroatoms. The third-order valence-electron chi connectivity index (χ3n) is 4.23. The van der Waals surface area contributed by atoms with Crippen LogP contribution in [0.2, 0.25) is 0 Å². The summed E-state index contributed by atoms with van der Waals surface area (Å²) in [6.45, 7) is 0.531. The lowest BCUT2D eigenvalue weighted by molar-refractivity contribution is 0.0954. The molecule has 2 N–H and O–H groups in total. The van der Waals surface area contributed by atoms with E-state index in [9.17, 15) is 4.79 Å². The zero-order valence-corrected chi connectivity index (χ0v) is 15.9. The minimum Gasteiger partial charge on any atom is -0.497 e. The van der Waals surface area contributed by atoms with Crippen LogP contribution in [0.25, 0.3) is 0 Å². The van der Waals surface area contributed by atoms with E-state index in [4.69, 9.17) is 9.47 Å². The number of amides is 1. The molecule has 2 aromatic carbocycles. The third kappa shape index (κ3) is 5.01. The summed E-state index contributed by atoms with van der Waals surface area (Å²) in [6.07, 6.45) is 2.33. The van der Waals surface area contributed by atoms with Gasteiger partial charge in [-0.2, -0.15) is 0 Å². The fourth-order valence-corrected chi connectivity index (χ4v) is 2.78. The molecule has 0 saturated heterocycles. The van der Waals surface area contributed by atoms with Gasteiger partial charge in [0.25, 0.3) is 5.91 Å². The summed E-state index contributed by atoms with van der Waals surface area (Å²) in [5.74, 6) is 1.95. The van der Waals surface area contributed by atoms with Gasteiger partial charge in [-0.05, 0) is 48.4 Å². The van der Waals surface area contributed by atoms with Gasteiger partial charge in [-0.3, -0.25) is 4.79 Å². The average Bonchev–Trinajstić information content (AvgIpc) is 2.74. The Morgan fingerprint density at radius 1 is 1.00 bits per heavy atom. The molecule has 1 amide bonds. The molecule has 0 aliphatic carbocycles. The van der Waals surface area contributed by atoms with Gasteiger partial charge in [-0.25, -0.2) is 4.98 Å². The highest BCUT2D eigenvalue weighted by Gasteiger charge is 2.08. The van der Waals surface area contributed by atoms with E-state index in [1.165, 1.54) is 0 Å². The average molecular weight is 377 g/mol. The Labute approximate surface area is 164 Å². The lowest BCUT2D eigenvalue weighted by atomic mass is 10.1. The molecule has 1 aromatic heterocycles. The van der Waals surface area contributed by atoms with E-state index in [1.807, 2.05) is 48.5 Å². The first-order valence-electron chi connectivity index (χ1n) is 8.97. The van der Waals surface area contributed by atoms with E-state index in [0.29, 0.717) is 23.7 Å². The molecule has 3 aromatic rings. The molecule has 0 radical (unpaired) electrons. The zero-order valence-electron chi connectivity index (χ0n) is 15.9. The quantitative estimate of drug-likeness (QED) is 0.624. The summed E-state index contributed by atoms with van der Waals surface area (Å²) in [5.41, 5.74) is 2.43. The zero-order chi connectivity index (χ0) is 19.8. The molecule has 0 saturated carbocycles. The van der Waals surface area contributed by atoms with E-state index in [-0.39, 0.29) is 5.91 Å². The van der Waals surface area contributed by atoms with Crippen LogP contribution in [0, 0.1) is 0 Å². The molecule has 0 unspecified atom stereocenters. The molecule has 6 nitrogen and oxygen atoms in total. The minimum atomic E-state index is -0.145. The van der Waals surface area contributed by atoms with Crippen molar-refractivity contribution in [1.82, 2.24) is 10.3 Å². The van der Waals surface area contributed by atoms with E-state index in [0.717, 1.165) is 23.4 Å². The maximum Gasteiger partial charge on any atom is 0.251 e. The van der Waals surface area contributed by atoms with Crippen molar-refractivity contribution < 1.29 is 14.3 Å². The molecule has 3 rings (SSSR count). The number of ether oxygens (including phenoxy) is 2. The number of carbonyl (C=O) groups excluding carboxylic acids is 1. The number of rotatable bonds is 8. The number of anilines is 2. The second-order valence-corrected chi connectivity index (χ2v) is 6.11. The molecule has 28 heavy (non-hydrogen) atoms. The molecule has 0 atom stereocenters. The summed E-state index contributed by atoms with van der Waals surface area (Å²) in [7, 11) is 3.25. The smallest absolute Gasteiger partial charge is 0.251 e. The Morgan fingerprint density at radius 2 is 1.86 bits per heavy atom. The van der Waals surface area contributed by atoms with E-state index < -0.39 is 0 Å². The van der Waals surface area contributed by atoms with Crippen LogP contribution in [0.3, 0.4) is 0 Å². The molecule has 0 aliphatic rings. The minimum absolute atomic E-state index is 0.145. The van der Waals surface area contributed by atoms with Crippen molar-refractivity contribution in [2.75, 3.05) is 26.1 Å². The number of carbonyl (C=O) groups is 1. The number of nitrogens with zero attached hydrogens (tertiary/aromatic N) is 1. The molecular formula is C22H23N3O3. The monoisotopic (exact) mass is 377 g/mol. The summed E-state index contributed by atoms with van der Waals surface area (Å²) >= 11 is 0. The van der Waals surface area contributed by atoms with Crippen LogP contribution < -0.4 is 20.1 Å². The van der Waals surface area contributed by atoms with Gasteiger partial charge in [0.05, 0.1) is 19.9 Å². The molecule has 0 fully saturated rings. The van der Waals surface area contributed by atoms with Crippen molar-refractivity contribution in [2.24, 2.45) is 0 Å². The molecule has 1 heterocycles. The topological polar surface area (TPSA) is 72.5 Å². The van der Waals surface area contributed by atoms with Crippen molar-refractivity contribution in [3.05, 3.63) is 78.0 Å². The number of para-hydroxylation sites is 2. The van der Waals surface area contributed by atoms with Crippen LogP contribution in [0.1, 0.15) is 15.9 Å². The van der Waals surface area contributed by atoms with Crippen LogP contribution in [0.5, 0.6) is 11.5 Å². The maximum absolute atomic E-state index is 12.5. The molecule has 144 valence electrons. The summed E-state index contributed by atoms with van der Waals surface area (Å²) in [4.78, 5) is 16.7. The van der Waals surface area contributed by atoms with Gasteiger partial charge in [0.2, 0.25) is 0 Å². The first-order chi connectivity index (χ1) is 13.7. The largest absolute Gasteiger partial charge is 0.497 e. The molecule has 0 aliphatic heterocycles. The van der Waals surface area contributed by atoms with Gasteiger partial charge in [-0.15, -0.1) is 0 Å². The third-order valence-corrected chi connectivity index (χ3v) is 4.23. The number of hydrogen-bond donors (Lipinski definition) is 2. The van der Waals surface area contributed by atoms with Crippen molar-refractivity contribution in [2.45, 2.75) is 6.42 Å². The first kappa shape index (κ1) is 19.2. The highest BCUT2D eigenvalue weighted by Crippen LogP contribution is 2.26. The van der Waals surface area contributed by atoms with Gasteiger partial charge in [0, 0.05) is 18.3 Å². The van der Waals surface area contributed by atoms with Gasteiger partial charge < -0.3 is 20.1 Å². The van der Waals surface area contributed by atoms with Crippen LogP contribution in [-0.4, -0.2) is 31.7 Å². The number of aromatic nitrogens is 1. The highest BCUT2D eigenvalue weighted by atomic mass is 16.5. The Bertz CT molecular complexity index is 944. The Kier molecular flexibility index (Phi) is 6.46. The van der Waals surface area contributed by atoms with Crippen LogP contribution in [0.15, 0.2) is 66.9 Å². The summed E-state index contributed by atoms with van der Waals surface area (Å²) in [5, 5.41) is 6.12. The van der Waals surface area contributed by atoms with Gasteiger partial charge in [0.15, 0.2) is 0 Å². The van der Waals surface area contributed by atoms with Crippen LogP contribution in [-0.2, 0) is 6.42 Å². The van der Waals surface area contributed by atoms with Gasteiger partial charge >= 0.3 is 0 Å². The van der Waals surface area contributed by atoms with Crippen LogP contribution >= 0.6 is 0 Å². The fraction of sp³-hybridized carbons (Fsp3) is 0.182. The first-order valence-corrected chi connectivity index (χ1v) is 8.97. The second kappa shape index (κ2) is 9.41.